The molecule has 2 rings (SSSR count). The maximum absolute atomic E-state index is 12.2. The van der Waals surface area contributed by atoms with E-state index in [4.69, 9.17) is 0 Å². The highest BCUT2D eigenvalue weighted by Crippen LogP contribution is 2.11. The molecule has 0 atom stereocenters. The van der Waals surface area contributed by atoms with Crippen LogP contribution in [0.3, 0.4) is 0 Å². The molecule has 2 saturated heterocycles. The van der Waals surface area contributed by atoms with E-state index in [0.717, 1.165) is 51.7 Å². The molecule has 20 heavy (non-hydrogen) atoms. The van der Waals surface area contributed by atoms with Gasteiger partial charge in [-0.05, 0) is 32.0 Å². The van der Waals surface area contributed by atoms with E-state index in [1.54, 1.807) is 0 Å². The summed E-state index contributed by atoms with van der Waals surface area (Å²) in [6.07, 6.45) is -0.936. The zero-order valence-corrected chi connectivity index (χ0v) is 13.7. The molecule has 0 aromatic rings. The van der Waals surface area contributed by atoms with E-state index >= 15 is 0 Å². The lowest BCUT2D eigenvalue weighted by atomic mass is 9.99. The summed E-state index contributed by atoms with van der Waals surface area (Å²) in [7, 11) is 0. The van der Waals surface area contributed by atoms with E-state index in [1.165, 1.54) is 6.42 Å². The molecule has 2 aliphatic heterocycles. The molecule has 5 heteroatoms. The van der Waals surface area contributed by atoms with Crippen LogP contribution in [0.15, 0.2) is 0 Å². The van der Waals surface area contributed by atoms with E-state index in [1.807, 2.05) is 32.6 Å². The third-order valence-corrected chi connectivity index (χ3v) is 3.58. The van der Waals surface area contributed by atoms with Gasteiger partial charge in [0.05, 0.1) is 6.54 Å². The first-order valence-corrected chi connectivity index (χ1v) is 8.17. The van der Waals surface area contributed by atoms with E-state index < -0.39 is 6.43 Å². The first-order valence-electron chi connectivity index (χ1n) is 8.17. The topological polar surface area (TPSA) is 18.5 Å². The molecule has 0 saturated carbocycles. The Hall–Kier alpha value is -0.260. The van der Waals surface area contributed by atoms with Gasteiger partial charge in [-0.25, -0.2) is 8.78 Å². The zero-order chi connectivity index (χ0) is 15.4. The average Bonchev–Trinajstić information content (AvgIpc) is 2.43. The van der Waals surface area contributed by atoms with Crippen LogP contribution in [0.25, 0.3) is 0 Å². The fourth-order valence-corrected chi connectivity index (χ4v) is 2.31. The molecule has 0 aromatic heterocycles. The van der Waals surface area contributed by atoms with Crippen molar-refractivity contribution in [3.63, 3.8) is 0 Å². The van der Waals surface area contributed by atoms with Crippen LogP contribution in [-0.4, -0.2) is 68.6 Å². The summed E-state index contributed by atoms with van der Waals surface area (Å²) in [5.41, 5.74) is 0. The Labute approximate surface area is 123 Å². The van der Waals surface area contributed by atoms with Gasteiger partial charge in [0.1, 0.15) is 0 Å². The third kappa shape index (κ3) is 8.12. The first-order chi connectivity index (χ1) is 9.74. The largest absolute Gasteiger partial charge is 0.316 e. The Morgan fingerprint density at radius 1 is 0.950 bits per heavy atom. The maximum atomic E-state index is 12.2. The van der Waals surface area contributed by atoms with Crippen molar-refractivity contribution in [3.05, 3.63) is 0 Å². The Morgan fingerprint density at radius 3 is 1.85 bits per heavy atom. The van der Waals surface area contributed by atoms with Crippen molar-refractivity contribution in [1.82, 2.24) is 15.1 Å². The summed E-state index contributed by atoms with van der Waals surface area (Å²) >= 11 is 0. The van der Waals surface area contributed by atoms with Crippen molar-refractivity contribution in [3.8, 4) is 0 Å². The van der Waals surface area contributed by atoms with Gasteiger partial charge in [0.2, 0.25) is 0 Å². The molecule has 2 fully saturated rings. The number of hydrogen-bond donors (Lipinski definition) is 1. The fourth-order valence-electron chi connectivity index (χ4n) is 2.31. The van der Waals surface area contributed by atoms with Gasteiger partial charge in [-0.15, -0.1) is 0 Å². The highest BCUT2D eigenvalue weighted by molar-refractivity contribution is 4.78. The monoisotopic (exact) mass is 293 g/mol. The maximum Gasteiger partial charge on any atom is 0.251 e. The highest BCUT2D eigenvalue weighted by Gasteiger charge is 2.21. The van der Waals surface area contributed by atoms with Gasteiger partial charge >= 0.3 is 0 Å². The van der Waals surface area contributed by atoms with Crippen LogP contribution in [0.1, 0.15) is 34.1 Å². The van der Waals surface area contributed by atoms with Crippen LogP contribution in [-0.2, 0) is 0 Å². The van der Waals surface area contributed by atoms with Crippen molar-refractivity contribution in [2.24, 2.45) is 5.92 Å². The predicted molar refractivity (Wildman–Crippen MR) is 82.6 cm³/mol. The van der Waals surface area contributed by atoms with Crippen molar-refractivity contribution < 1.29 is 8.78 Å². The van der Waals surface area contributed by atoms with Gasteiger partial charge in [0, 0.05) is 26.2 Å². The standard InChI is InChI=1S/C11H21F2N3.2C2H6/c12-11(13)9-16-5-3-15(4-6-16)2-1-10-7-14-8-10;2*1-2/h10-11,14H,1-9H2;2*1-2H3. The molecule has 1 N–H and O–H groups in total. The lowest BCUT2D eigenvalue weighted by Crippen LogP contribution is -2.49. The Morgan fingerprint density at radius 2 is 1.45 bits per heavy atom. The van der Waals surface area contributed by atoms with Crippen molar-refractivity contribution in [2.45, 2.75) is 40.5 Å². The van der Waals surface area contributed by atoms with Crippen LogP contribution in [0.5, 0.6) is 0 Å². The molecule has 0 bridgehead atoms. The van der Waals surface area contributed by atoms with Crippen LogP contribution in [0.4, 0.5) is 8.78 Å². The highest BCUT2D eigenvalue weighted by atomic mass is 19.3. The average molecular weight is 293 g/mol. The van der Waals surface area contributed by atoms with Crippen LogP contribution >= 0.6 is 0 Å². The Kier molecular flexibility index (Phi) is 12.3. The van der Waals surface area contributed by atoms with Gasteiger partial charge in [0.25, 0.3) is 6.43 Å². The molecule has 3 nitrogen and oxygen atoms in total. The van der Waals surface area contributed by atoms with E-state index in [-0.39, 0.29) is 6.54 Å². The fraction of sp³-hybridized carbons (Fsp3) is 1.00. The van der Waals surface area contributed by atoms with Gasteiger partial charge in [-0.3, -0.25) is 4.90 Å². The van der Waals surface area contributed by atoms with E-state index in [9.17, 15) is 8.78 Å². The number of halogens is 2. The lowest BCUT2D eigenvalue weighted by molar-refractivity contribution is 0.0541. The van der Waals surface area contributed by atoms with Gasteiger partial charge in [0.15, 0.2) is 0 Å². The minimum atomic E-state index is -2.19. The molecule has 0 unspecified atom stereocenters. The second-order valence-corrected chi connectivity index (χ2v) is 4.85. The molecule has 122 valence electrons. The van der Waals surface area contributed by atoms with Crippen molar-refractivity contribution in [1.29, 1.82) is 0 Å². The van der Waals surface area contributed by atoms with Crippen LogP contribution < -0.4 is 5.32 Å². The Balaban J connectivity index is 0.000000829. The number of nitrogens with one attached hydrogen (secondary N) is 1. The Bertz CT molecular complexity index is 203. The molecule has 0 aliphatic carbocycles. The molecule has 0 amide bonds. The summed E-state index contributed by atoms with van der Waals surface area (Å²) in [6, 6.07) is 0. The van der Waals surface area contributed by atoms with Crippen molar-refractivity contribution in [2.75, 3.05) is 52.4 Å². The molecule has 0 spiro atoms. The molecule has 0 aromatic carbocycles. The summed E-state index contributed by atoms with van der Waals surface area (Å²) < 4.78 is 24.3. The van der Waals surface area contributed by atoms with E-state index in [0.29, 0.717) is 0 Å². The normalized spacial score (nSPS) is 20.6. The quantitative estimate of drug-likeness (QED) is 0.840. The minimum Gasteiger partial charge on any atom is -0.316 e. The summed E-state index contributed by atoms with van der Waals surface area (Å²) in [5.74, 6) is 0.846. The third-order valence-electron chi connectivity index (χ3n) is 3.58. The molecule has 0 radical (unpaired) electrons. The predicted octanol–water partition coefficient (Wildman–Crippen LogP) is 2.53. The number of alkyl halides is 2. The first kappa shape index (κ1) is 19.7. The van der Waals surface area contributed by atoms with Crippen molar-refractivity contribution >= 4 is 0 Å². The van der Waals surface area contributed by atoms with Gasteiger partial charge in [-0.2, -0.15) is 0 Å². The van der Waals surface area contributed by atoms with Gasteiger partial charge in [-0.1, -0.05) is 27.7 Å². The summed E-state index contributed by atoms with van der Waals surface area (Å²) in [5, 5.41) is 3.27. The number of piperazine rings is 1. The molecular formula is C15H33F2N3. The minimum absolute atomic E-state index is 0.0552. The smallest absolute Gasteiger partial charge is 0.251 e. The lowest BCUT2D eigenvalue weighted by Gasteiger charge is -2.36. The number of hydrogen-bond acceptors (Lipinski definition) is 3. The second-order valence-electron chi connectivity index (χ2n) is 4.85. The number of rotatable bonds is 5. The SMILES string of the molecule is CC.CC.FC(F)CN1CCN(CCC2CNC2)CC1. The van der Waals surface area contributed by atoms with Crippen LogP contribution in [0.2, 0.25) is 0 Å². The molecule has 2 aliphatic rings. The number of nitrogens with zero attached hydrogens (tertiary/aromatic N) is 2. The molecule has 2 heterocycles. The van der Waals surface area contributed by atoms with Crippen LogP contribution in [0, 0.1) is 5.92 Å². The zero-order valence-electron chi connectivity index (χ0n) is 13.7. The van der Waals surface area contributed by atoms with E-state index in [2.05, 4.69) is 10.2 Å². The molecular weight excluding hydrogens is 260 g/mol. The summed E-state index contributed by atoms with van der Waals surface area (Å²) in [6.45, 7) is 14.9. The van der Waals surface area contributed by atoms with Gasteiger partial charge < -0.3 is 10.2 Å². The summed E-state index contributed by atoms with van der Waals surface area (Å²) in [4.78, 5) is 4.27. The second kappa shape index (κ2) is 12.5.